The molecule has 1 aromatic rings. The zero-order valence-corrected chi connectivity index (χ0v) is 13.2. The molecule has 0 aliphatic heterocycles. The van der Waals surface area contributed by atoms with Gasteiger partial charge in [-0.15, -0.1) is 0 Å². The topological polar surface area (TPSA) is 32.3 Å². The van der Waals surface area contributed by atoms with Gasteiger partial charge in [-0.3, -0.25) is 4.79 Å². The number of hydrogen-bond acceptors (Lipinski definition) is 2. The molecule has 21 heavy (non-hydrogen) atoms. The Morgan fingerprint density at radius 3 is 2.62 bits per heavy atom. The third kappa shape index (κ3) is 5.78. The quantitative estimate of drug-likeness (QED) is 0.741. The van der Waals surface area contributed by atoms with Crippen LogP contribution in [0.2, 0.25) is 0 Å². The van der Waals surface area contributed by atoms with Crippen molar-refractivity contribution in [1.29, 1.82) is 0 Å². The molecule has 0 saturated heterocycles. The van der Waals surface area contributed by atoms with E-state index in [0.717, 1.165) is 32.4 Å². The second-order valence-corrected chi connectivity index (χ2v) is 6.17. The highest BCUT2D eigenvalue weighted by Gasteiger charge is 2.17. The lowest BCUT2D eigenvalue weighted by molar-refractivity contribution is -0.121. The number of carbonyl (C=O) groups excluding carboxylic acids is 1. The minimum Gasteiger partial charge on any atom is -0.375 e. The van der Waals surface area contributed by atoms with E-state index in [4.69, 9.17) is 0 Å². The van der Waals surface area contributed by atoms with Gasteiger partial charge in [0.05, 0.1) is 0 Å². The first kappa shape index (κ1) is 15.9. The molecule has 0 aromatic heterocycles. The molecule has 1 N–H and O–H groups in total. The highest BCUT2D eigenvalue weighted by Crippen LogP contribution is 2.27. The lowest BCUT2D eigenvalue weighted by atomic mass is 10.0. The van der Waals surface area contributed by atoms with Crippen LogP contribution in [0.25, 0.3) is 0 Å². The lowest BCUT2D eigenvalue weighted by Crippen LogP contribution is -2.27. The first-order valence-corrected chi connectivity index (χ1v) is 8.28. The zero-order chi connectivity index (χ0) is 14.9. The summed E-state index contributed by atoms with van der Waals surface area (Å²) in [5, 5.41) is 3.07. The monoisotopic (exact) mass is 288 g/mol. The second-order valence-electron chi connectivity index (χ2n) is 6.17. The van der Waals surface area contributed by atoms with E-state index >= 15 is 0 Å². The van der Waals surface area contributed by atoms with Gasteiger partial charge < -0.3 is 10.2 Å². The molecule has 1 fully saturated rings. The molecule has 0 spiro atoms. The largest absolute Gasteiger partial charge is 0.375 e. The molecule has 0 unspecified atom stereocenters. The molecule has 1 aromatic carbocycles. The summed E-state index contributed by atoms with van der Waals surface area (Å²) >= 11 is 0. The average Bonchev–Trinajstić information content (AvgIpc) is 3.00. The van der Waals surface area contributed by atoms with Gasteiger partial charge in [0, 0.05) is 32.2 Å². The van der Waals surface area contributed by atoms with Gasteiger partial charge in [0.15, 0.2) is 0 Å². The fourth-order valence-corrected chi connectivity index (χ4v) is 3.06. The number of para-hydroxylation sites is 1. The Labute approximate surface area is 128 Å². The van der Waals surface area contributed by atoms with Crippen molar-refractivity contribution in [2.45, 2.75) is 44.9 Å². The Morgan fingerprint density at radius 2 is 1.90 bits per heavy atom. The van der Waals surface area contributed by atoms with Crippen LogP contribution in [0, 0.1) is 5.92 Å². The van der Waals surface area contributed by atoms with Crippen molar-refractivity contribution < 1.29 is 4.79 Å². The molecule has 0 bridgehead atoms. The van der Waals surface area contributed by atoms with Gasteiger partial charge in [0.1, 0.15) is 0 Å². The van der Waals surface area contributed by atoms with Crippen molar-refractivity contribution in [3.8, 4) is 0 Å². The molecule has 3 heteroatoms. The molecular weight excluding hydrogens is 260 g/mol. The minimum atomic E-state index is 0.248. The van der Waals surface area contributed by atoms with Crippen molar-refractivity contribution in [1.82, 2.24) is 5.32 Å². The van der Waals surface area contributed by atoms with Crippen LogP contribution in [-0.4, -0.2) is 26.0 Å². The van der Waals surface area contributed by atoms with Crippen LogP contribution in [0.5, 0.6) is 0 Å². The number of amides is 1. The van der Waals surface area contributed by atoms with Crippen molar-refractivity contribution in [3.63, 3.8) is 0 Å². The molecule has 0 heterocycles. The highest BCUT2D eigenvalue weighted by molar-refractivity contribution is 5.76. The Kier molecular flexibility index (Phi) is 6.58. The van der Waals surface area contributed by atoms with E-state index < -0.39 is 0 Å². The summed E-state index contributed by atoms with van der Waals surface area (Å²) in [6.07, 6.45) is 8.00. The summed E-state index contributed by atoms with van der Waals surface area (Å²) in [6.45, 7) is 1.84. The van der Waals surface area contributed by atoms with E-state index in [2.05, 4.69) is 41.5 Å². The number of hydrogen-bond donors (Lipinski definition) is 1. The number of unbranched alkanes of at least 4 members (excludes halogenated alkanes) is 1. The fourth-order valence-electron chi connectivity index (χ4n) is 3.06. The predicted octanol–water partition coefficient (Wildman–Crippen LogP) is 3.60. The van der Waals surface area contributed by atoms with Gasteiger partial charge in [-0.25, -0.2) is 0 Å². The van der Waals surface area contributed by atoms with Crippen LogP contribution in [0.3, 0.4) is 0 Å². The zero-order valence-electron chi connectivity index (χ0n) is 13.2. The normalized spacial score (nSPS) is 15.1. The first-order valence-electron chi connectivity index (χ1n) is 8.28. The lowest BCUT2D eigenvalue weighted by Gasteiger charge is -2.19. The molecular formula is C18H28N2O. The smallest absolute Gasteiger partial charge is 0.220 e. The third-order valence-electron chi connectivity index (χ3n) is 4.39. The fraction of sp³-hybridized carbons (Fsp3) is 0.611. The third-order valence-corrected chi connectivity index (χ3v) is 4.39. The van der Waals surface area contributed by atoms with Crippen LogP contribution in [0.1, 0.15) is 44.9 Å². The summed E-state index contributed by atoms with van der Waals surface area (Å²) < 4.78 is 0. The predicted molar refractivity (Wildman–Crippen MR) is 88.5 cm³/mol. The van der Waals surface area contributed by atoms with Crippen LogP contribution in [0.15, 0.2) is 30.3 Å². The number of carbonyl (C=O) groups is 1. The highest BCUT2D eigenvalue weighted by atomic mass is 16.1. The summed E-state index contributed by atoms with van der Waals surface area (Å²) in [5.74, 6) is 0.896. The van der Waals surface area contributed by atoms with Gasteiger partial charge in [0.25, 0.3) is 0 Å². The van der Waals surface area contributed by atoms with E-state index in [1.165, 1.54) is 31.4 Å². The van der Waals surface area contributed by atoms with Crippen LogP contribution >= 0.6 is 0 Å². The average molecular weight is 288 g/mol. The molecule has 1 saturated carbocycles. The second kappa shape index (κ2) is 8.71. The Morgan fingerprint density at radius 1 is 1.19 bits per heavy atom. The molecule has 2 rings (SSSR count). The van der Waals surface area contributed by atoms with Crippen molar-refractivity contribution >= 4 is 11.6 Å². The number of rotatable bonds is 8. The Bertz CT molecular complexity index is 412. The van der Waals surface area contributed by atoms with Crippen molar-refractivity contribution in [3.05, 3.63) is 30.3 Å². The van der Waals surface area contributed by atoms with Crippen molar-refractivity contribution in [2.24, 2.45) is 5.92 Å². The number of nitrogens with zero attached hydrogens (tertiary/aromatic N) is 1. The van der Waals surface area contributed by atoms with E-state index in [9.17, 15) is 4.79 Å². The molecule has 3 nitrogen and oxygen atoms in total. The van der Waals surface area contributed by atoms with Gasteiger partial charge >= 0.3 is 0 Å². The summed E-state index contributed by atoms with van der Waals surface area (Å²) in [6, 6.07) is 10.4. The van der Waals surface area contributed by atoms with Crippen LogP contribution < -0.4 is 10.2 Å². The van der Waals surface area contributed by atoms with Gasteiger partial charge in [-0.1, -0.05) is 31.0 Å². The molecule has 1 aliphatic carbocycles. The standard InChI is InChI=1S/C18H28N2O/c1-20(17-11-3-2-4-12-17)14-8-7-13-19-18(21)15-16-9-5-6-10-16/h2-4,11-12,16H,5-10,13-15H2,1H3,(H,19,21). The summed E-state index contributed by atoms with van der Waals surface area (Å²) in [5.41, 5.74) is 1.25. The van der Waals surface area contributed by atoms with E-state index in [1.807, 2.05) is 6.07 Å². The molecule has 0 radical (unpaired) electrons. The molecule has 1 aliphatic rings. The maximum atomic E-state index is 11.8. The van der Waals surface area contributed by atoms with E-state index in [1.54, 1.807) is 0 Å². The molecule has 1 amide bonds. The molecule has 116 valence electrons. The van der Waals surface area contributed by atoms with Crippen LogP contribution in [0.4, 0.5) is 5.69 Å². The first-order chi connectivity index (χ1) is 10.3. The summed E-state index contributed by atoms with van der Waals surface area (Å²) in [7, 11) is 2.12. The van der Waals surface area contributed by atoms with Gasteiger partial charge in [0.2, 0.25) is 5.91 Å². The van der Waals surface area contributed by atoms with Gasteiger partial charge in [-0.05, 0) is 43.7 Å². The van der Waals surface area contributed by atoms with E-state index in [-0.39, 0.29) is 5.91 Å². The maximum Gasteiger partial charge on any atom is 0.220 e. The number of benzene rings is 1. The minimum absolute atomic E-state index is 0.248. The van der Waals surface area contributed by atoms with E-state index in [0.29, 0.717) is 5.92 Å². The van der Waals surface area contributed by atoms with Crippen molar-refractivity contribution in [2.75, 3.05) is 25.0 Å². The Balaban J connectivity index is 1.52. The number of anilines is 1. The van der Waals surface area contributed by atoms with Gasteiger partial charge in [-0.2, -0.15) is 0 Å². The Hall–Kier alpha value is -1.51. The van der Waals surface area contributed by atoms with Crippen LogP contribution in [-0.2, 0) is 4.79 Å². The SMILES string of the molecule is CN(CCCCNC(=O)CC1CCCC1)c1ccccc1. The number of nitrogens with one attached hydrogen (secondary N) is 1. The maximum absolute atomic E-state index is 11.8. The summed E-state index contributed by atoms with van der Waals surface area (Å²) in [4.78, 5) is 14.1. The molecule has 0 atom stereocenters.